The highest BCUT2D eigenvalue weighted by molar-refractivity contribution is 6.57. The highest BCUT2D eigenvalue weighted by Crippen LogP contribution is 2.23. The average Bonchev–Trinajstić information content (AvgIpc) is 2.82. The number of aromatic nitrogens is 2. The Balaban J connectivity index is 2.07. The van der Waals surface area contributed by atoms with Gasteiger partial charge in [-0.05, 0) is 25.6 Å². The molecule has 2 rings (SSSR count). The van der Waals surface area contributed by atoms with E-state index in [0.717, 1.165) is 17.0 Å². The first kappa shape index (κ1) is 14.6. The van der Waals surface area contributed by atoms with E-state index >= 15 is 0 Å². The Morgan fingerprint density at radius 3 is 2.80 bits per heavy atom. The molecule has 1 aromatic heterocycles. The zero-order valence-corrected chi connectivity index (χ0v) is 13.3. The van der Waals surface area contributed by atoms with Gasteiger partial charge < -0.3 is 14.7 Å². The van der Waals surface area contributed by atoms with Crippen molar-refractivity contribution in [2.24, 2.45) is 12.8 Å². The van der Waals surface area contributed by atoms with Crippen LogP contribution in [-0.2, 0) is 7.05 Å². The summed E-state index contributed by atoms with van der Waals surface area (Å²) in [5, 5.41) is 0. The van der Waals surface area contributed by atoms with Gasteiger partial charge in [0.05, 0.1) is 18.2 Å². The van der Waals surface area contributed by atoms with Gasteiger partial charge in [-0.2, -0.15) is 0 Å². The summed E-state index contributed by atoms with van der Waals surface area (Å²) < 4.78 is 8.07. The molecule has 0 bridgehead atoms. The van der Waals surface area contributed by atoms with Crippen LogP contribution >= 0.6 is 0 Å². The molecular weight excluding hydrogens is 266 g/mol. The monoisotopic (exact) mass is 287 g/mol. The van der Waals surface area contributed by atoms with E-state index in [-0.39, 0.29) is 6.04 Å². The fraction of sp³-hybridized carbons (Fsp3) is 0.267. The summed E-state index contributed by atoms with van der Waals surface area (Å²) in [5.74, 6) is 0.899. The summed E-state index contributed by atoms with van der Waals surface area (Å²) in [6.07, 6.45) is 5.70. The van der Waals surface area contributed by atoms with Gasteiger partial charge in [0.2, 0.25) is 0 Å². The van der Waals surface area contributed by atoms with E-state index in [4.69, 9.17) is 10.2 Å². The number of benzene rings is 1. The van der Waals surface area contributed by atoms with Gasteiger partial charge in [-0.3, -0.25) is 0 Å². The van der Waals surface area contributed by atoms with Crippen molar-refractivity contribution in [3.05, 3.63) is 53.7 Å². The van der Waals surface area contributed by atoms with Crippen molar-refractivity contribution in [1.82, 2.24) is 9.55 Å². The minimum absolute atomic E-state index is 0.0200. The summed E-state index contributed by atoms with van der Waals surface area (Å²) in [7, 11) is 0.537. The van der Waals surface area contributed by atoms with Gasteiger partial charge in [0, 0.05) is 18.7 Å². The molecule has 1 aromatic carbocycles. The zero-order chi connectivity index (χ0) is 14.5. The number of hydrogen-bond donors (Lipinski definition) is 1. The predicted octanol–water partition coefficient (Wildman–Crippen LogP) is 2.42. The van der Waals surface area contributed by atoms with Crippen molar-refractivity contribution >= 4 is 15.1 Å². The van der Waals surface area contributed by atoms with Gasteiger partial charge >= 0.3 is 0 Å². The van der Waals surface area contributed by atoms with E-state index in [1.807, 2.05) is 49.0 Å². The van der Waals surface area contributed by atoms with Crippen LogP contribution in [0.5, 0.6) is 5.75 Å². The molecule has 0 spiro atoms. The molecule has 1 heterocycles. The van der Waals surface area contributed by atoms with Crippen LogP contribution in [0.1, 0.15) is 24.2 Å². The lowest BCUT2D eigenvalue weighted by Gasteiger charge is -2.16. The highest BCUT2D eigenvalue weighted by atomic mass is 28.3. The standard InChI is InChI=1S/C15H21N3OSi/c1-12(16)14-6-4-5-7-15(14)19-20(3)9-8-13-10-17-11-18(13)2/h4-12,20H,16H2,1-3H3/b9-8+. The molecule has 0 aliphatic rings. The molecule has 0 saturated carbocycles. The summed E-state index contributed by atoms with van der Waals surface area (Å²) in [5.41, 5.74) is 10.2. The number of rotatable bonds is 5. The molecule has 0 aliphatic carbocycles. The molecule has 5 heteroatoms. The van der Waals surface area contributed by atoms with Gasteiger partial charge in [0.1, 0.15) is 5.75 Å². The third-order valence-corrected chi connectivity index (χ3v) is 4.47. The van der Waals surface area contributed by atoms with Crippen molar-refractivity contribution < 1.29 is 4.43 Å². The maximum Gasteiger partial charge on any atom is 0.257 e. The van der Waals surface area contributed by atoms with Crippen LogP contribution in [0.4, 0.5) is 0 Å². The molecule has 2 N–H and O–H groups in total. The third kappa shape index (κ3) is 3.58. The highest BCUT2D eigenvalue weighted by Gasteiger charge is 2.10. The first-order valence-electron chi connectivity index (χ1n) is 6.73. The second kappa shape index (κ2) is 6.54. The van der Waals surface area contributed by atoms with E-state index in [9.17, 15) is 0 Å². The van der Waals surface area contributed by atoms with E-state index < -0.39 is 9.04 Å². The Labute approximate surface area is 121 Å². The van der Waals surface area contributed by atoms with Crippen molar-refractivity contribution in [1.29, 1.82) is 0 Å². The molecule has 2 aromatic rings. The van der Waals surface area contributed by atoms with Crippen molar-refractivity contribution in [2.75, 3.05) is 0 Å². The molecule has 106 valence electrons. The molecule has 0 fully saturated rings. The maximum absolute atomic E-state index is 6.09. The Morgan fingerprint density at radius 2 is 2.15 bits per heavy atom. The van der Waals surface area contributed by atoms with Crippen LogP contribution in [0.2, 0.25) is 6.55 Å². The van der Waals surface area contributed by atoms with E-state index in [1.54, 1.807) is 6.33 Å². The number of para-hydroxylation sites is 1. The van der Waals surface area contributed by atoms with Crippen LogP contribution in [0.25, 0.3) is 6.08 Å². The number of imidazole rings is 1. The number of aryl methyl sites for hydroxylation is 1. The molecule has 20 heavy (non-hydrogen) atoms. The summed E-state index contributed by atoms with van der Waals surface area (Å²) in [6.45, 7) is 4.12. The molecule has 0 amide bonds. The molecule has 0 saturated heterocycles. The molecule has 0 aliphatic heterocycles. The molecule has 4 nitrogen and oxygen atoms in total. The Hall–Kier alpha value is -1.85. The third-order valence-electron chi connectivity index (χ3n) is 3.11. The van der Waals surface area contributed by atoms with Crippen LogP contribution in [0, 0.1) is 0 Å². The van der Waals surface area contributed by atoms with Crippen molar-refractivity contribution in [3.8, 4) is 5.75 Å². The van der Waals surface area contributed by atoms with Crippen LogP contribution < -0.4 is 10.2 Å². The zero-order valence-electron chi connectivity index (χ0n) is 12.2. The van der Waals surface area contributed by atoms with Crippen LogP contribution in [0.15, 0.2) is 42.5 Å². The SMILES string of the molecule is CC(N)c1ccccc1O[SiH](C)/C=C/c1cncn1C. The summed E-state index contributed by atoms with van der Waals surface area (Å²) in [6, 6.07) is 7.95. The lowest BCUT2D eigenvalue weighted by Crippen LogP contribution is -2.17. The van der Waals surface area contributed by atoms with E-state index in [0.29, 0.717) is 0 Å². The van der Waals surface area contributed by atoms with Crippen LogP contribution in [-0.4, -0.2) is 18.6 Å². The Kier molecular flexibility index (Phi) is 4.76. The van der Waals surface area contributed by atoms with Gasteiger partial charge in [0.15, 0.2) is 0 Å². The predicted molar refractivity (Wildman–Crippen MR) is 84.9 cm³/mol. The quantitative estimate of drug-likeness (QED) is 0.859. The van der Waals surface area contributed by atoms with Gasteiger partial charge in [-0.1, -0.05) is 23.9 Å². The normalized spacial score (nSPS) is 14.4. The van der Waals surface area contributed by atoms with E-state index in [2.05, 4.69) is 23.3 Å². The molecule has 0 radical (unpaired) electrons. The van der Waals surface area contributed by atoms with Crippen molar-refractivity contribution in [3.63, 3.8) is 0 Å². The average molecular weight is 287 g/mol. The Bertz CT molecular complexity index is 592. The molecule has 2 atom stereocenters. The van der Waals surface area contributed by atoms with Gasteiger partial charge in [-0.25, -0.2) is 4.98 Å². The first-order valence-corrected chi connectivity index (χ1v) is 9.03. The smallest absolute Gasteiger partial charge is 0.257 e. The summed E-state index contributed by atoms with van der Waals surface area (Å²) in [4.78, 5) is 4.09. The number of nitrogens with two attached hydrogens (primary N) is 1. The van der Waals surface area contributed by atoms with Crippen molar-refractivity contribution in [2.45, 2.75) is 19.5 Å². The minimum Gasteiger partial charge on any atom is -0.543 e. The second-order valence-electron chi connectivity index (χ2n) is 4.94. The first-order chi connectivity index (χ1) is 9.58. The van der Waals surface area contributed by atoms with Crippen LogP contribution in [0.3, 0.4) is 0 Å². The lowest BCUT2D eigenvalue weighted by atomic mass is 10.1. The fourth-order valence-corrected chi connectivity index (χ4v) is 3.13. The number of hydrogen-bond acceptors (Lipinski definition) is 3. The van der Waals surface area contributed by atoms with Gasteiger partial charge in [0.25, 0.3) is 9.04 Å². The minimum atomic E-state index is -1.44. The lowest BCUT2D eigenvalue weighted by molar-refractivity contribution is 0.567. The largest absolute Gasteiger partial charge is 0.543 e. The van der Waals surface area contributed by atoms with E-state index in [1.165, 1.54) is 0 Å². The Morgan fingerprint density at radius 1 is 1.40 bits per heavy atom. The molecular formula is C15H21N3OSi. The summed E-state index contributed by atoms with van der Waals surface area (Å²) >= 11 is 0. The fourth-order valence-electron chi connectivity index (χ4n) is 1.97. The van der Waals surface area contributed by atoms with Gasteiger partial charge in [-0.15, -0.1) is 0 Å². The number of nitrogens with zero attached hydrogens (tertiary/aromatic N) is 2. The topological polar surface area (TPSA) is 53.1 Å². The second-order valence-corrected chi connectivity index (χ2v) is 6.97. The molecule has 2 unspecified atom stereocenters. The maximum atomic E-state index is 6.09.